The van der Waals surface area contributed by atoms with Gasteiger partial charge >= 0.3 is 0 Å². The van der Waals surface area contributed by atoms with Crippen LogP contribution in [-0.4, -0.2) is 28.9 Å². The van der Waals surface area contributed by atoms with Crippen LogP contribution in [0.15, 0.2) is 29.9 Å². The van der Waals surface area contributed by atoms with E-state index >= 15 is 0 Å². The molecule has 2 aromatic heterocycles. The summed E-state index contributed by atoms with van der Waals surface area (Å²) < 4.78 is 0. The first kappa shape index (κ1) is 13.8. The second-order valence-electron chi connectivity index (χ2n) is 4.81. The second kappa shape index (κ2) is 6.08. The third-order valence-corrected chi connectivity index (χ3v) is 4.44. The number of thiophene rings is 1. The highest BCUT2D eigenvalue weighted by molar-refractivity contribution is 7.10. The molecular weight excluding hydrogens is 282 g/mol. The van der Waals surface area contributed by atoms with Gasteiger partial charge in [-0.2, -0.15) is 0 Å². The standard InChI is InChI=1S/C16H15N3OS/c17-5-1-2-12-8-14(10-18-9-12)16(20)19-6-3-15-13(11-19)4-7-21-15/h4,7-10H,3,5-6,11,17H2. The monoisotopic (exact) mass is 297 g/mol. The molecule has 1 amide bonds. The van der Waals surface area contributed by atoms with Crippen LogP contribution in [-0.2, 0) is 13.0 Å². The Balaban J connectivity index is 1.80. The van der Waals surface area contributed by atoms with E-state index in [1.165, 1.54) is 10.4 Å². The van der Waals surface area contributed by atoms with Crippen molar-refractivity contribution in [2.75, 3.05) is 13.1 Å². The summed E-state index contributed by atoms with van der Waals surface area (Å²) in [5, 5.41) is 2.09. The van der Waals surface area contributed by atoms with Gasteiger partial charge in [0.25, 0.3) is 5.91 Å². The topological polar surface area (TPSA) is 59.2 Å². The van der Waals surface area contributed by atoms with Gasteiger partial charge in [-0.15, -0.1) is 11.3 Å². The average Bonchev–Trinajstić information content (AvgIpc) is 3.00. The minimum atomic E-state index is 0.00995. The minimum absolute atomic E-state index is 0.00995. The third-order valence-electron chi connectivity index (χ3n) is 3.41. The summed E-state index contributed by atoms with van der Waals surface area (Å²) >= 11 is 1.77. The molecule has 3 rings (SSSR count). The molecule has 0 aromatic carbocycles. The van der Waals surface area contributed by atoms with Crippen LogP contribution in [0.3, 0.4) is 0 Å². The van der Waals surface area contributed by atoms with Crippen molar-refractivity contribution in [1.82, 2.24) is 9.88 Å². The summed E-state index contributed by atoms with van der Waals surface area (Å²) in [5.41, 5.74) is 7.92. The molecule has 21 heavy (non-hydrogen) atoms. The number of hydrogen-bond acceptors (Lipinski definition) is 4. The van der Waals surface area contributed by atoms with Crippen molar-refractivity contribution in [2.45, 2.75) is 13.0 Å². The van der Waals surface area contributed by atoms with Crippen molar-refractivity contribution in [1.29, 1.82) is 0 Å². The maximum Gasteiger partial charge on any atom is 0.255 e. The molecule has 0 saturated carbocycles. The number of pyridine rings is 1. The molecule has 0 bridgehead atoms. The van der Waals surface area contributed by atoms with E-state index in [1.807, 2.05) is 4.90 Å². The molecule has 0 aliphatic carbocycles. The molecule has 2 aromatic rings. The van der Waals surface area contributed by atoms with Crippen molar-refractivity contribution in [3.05, 3.63) is 51.5 Å². The van der Waals surface area contributed by atoms with Crippen LogP contribution in [0.2, 0.25) is 0 Å². The predicted octanol–water partition coefficient (Wildman–Crippen LogP) is 1.65. The molecule has 3 heterocycles. The van der Waals surface area contributed by atoms with E-state index in [4.69, 9.17) is 5.73 Å². The van der Waals surface area contributed by atoms with Gasteiger partial charge in [0, 0.05) is 35.9 Å². The predicted molar refractivity (Wildman–Crippen MR) is 82.9 cm³/mol. The first-order valence-electron chi connectivity index (χ1n) is 6.76. The van der Waals surface area contributed by atoms with Gasteiger partial charge in [0.15, 0.2) is 0 Å². The molecule has 0 unspecified atom stereocenters. The Kier molecular flexibility index (Phi) is 4.00. The molecule has 0 atom stereocenters. The zero-order valence-electron chi connectivity index (χ0n) is 11.5. The fraction of sp³-hybridized carbons (Fsp3) is 0.250. The first-order chi connectivity index (χ1) is 10.3. The number of fused-ring (bicyclic) bond motifs is 1. The number of aromatic nitrogens is 1. The molecule has 1 aliphatic heterocycles. The zero-order valence-corrected chi connectivity index (χ0v) is 12.3. The van der Waals surface area contributed by atoms with Crippen molar-refractivity contribution >= 4 is 17.2 Å². The van der Waals surface area contributed by atoms with Gasteiger partial charge in [-0.1, -0.05) is 11.8 Å². The molecule has 0 radical (unpaired) electrons. The SMILES string of the molecule is NCC#Cc1cncc(C(=O)N2CCc3sccc3C2)c1. The van der Waals surface area contributed by atoms with Crippen LogP contribution < -0.4 is 5.73 Å². The lowest BCUT2D eigenvalue weighted by Gasteiger charge is -2.27. The lowest BCUT2D eigenvalue weighted by atomic mass is 10.1. The van der Waals surface area contributed by atoms with Gasteiger partial charge in [0.1, 0.15) is 0 Å². The van der Waals surface area contributed by atoms with E-state index in [1.54, 1.807) is 29.8 Å². The zero-order chi connectivity index (χ0) is 14.7. The van der Waals surface area contributed by atoms with E-state index < -0.39 is 0 Å². The van der Waals surface area contributed by atoms with Gasteiger partial charge in [-0.05, 0) is 29.5 Å². The summed E-state index contributed by atoms with van der Waals surface area (Å²) in [6, 6.07) is 3.88. The van der Waals surface area contributed by atoms with Gasteiger partial charge in [0.05, 0.1) is 12.1 Å². The summed E-state index contributed by atoms with van der Waals surface area (Å²) in [4.78, 5) is 19.9. The van der Waals surface area contributed by atoms with Crippen LogP contribution in [0.5, 0.6) is 0 Å². The van der Waals surface area contributed by atoms with Crippen LogP contribution in [0.4, 0.5) is 0 Å². The van der Waals surface area contributed by atoms with Crippen LogP contribution in [0.1, 0.15) is 26.4 Å². The van der Waals surface area contributed by atoms with Crippen molar-refractivity contribution < 1.29 is 4.79 Å². The van der Waals surface area contributed by atoms with Crippen molar-refractivity contribution in [3.63, 3.8) is 0 Å². The largest absolute Gasteiger partial charge is 0.334 e. The van der Waals surface area contributed by atoms with E-state index in [-0.39, 0.29) is 5.91 Å². The van der Waals surface area contributed by atoms with Crippen LogP contribution in [0, 0.1) is 11.8 Å². The molecule has 2 N–H and O–H groups in total. The number of carbonyl (C=O) groups is 1. The number of carbonyl (C=O) groups excluding carboxylic acids is 1. The van der Waals surface area contributed by atoms with Crippen LogP contribution in [0.25, 0.3) is 0 Å². The van der Waals surface area contributed by atoms with Gasteiger partial charge in [-0.25, -0.2) is 0 Å². The molecule has 1 aliphatic rings. The Bertz CT molecular complexity index is 726. The minimum Gasteiger partial charge on any atom is -0.334 e. The molecule has 5 heteroatoms. The van der Waals surface area contributed by atoms with Crippen molar-refractivity contribution in [2.24, 2.45) is 5.73 Å². The fourth-order valence-corrected chi connectivity index (χ4v) is 3.27. The summed E-state index contributed by atoms with van der Waals surface area (Å²) in [6.07, 6.45) is 4.17. The number of nitrogens with two attached hydrogens (primary N) is 1. The average molecular weight is 297 g/mol. The fourth-order valence-electron chi connectivity index (χ4n) is 2.38. The lowest BCUT2D eigenvalue weighted by molar-refractivity contribution is 0.0735. The van der Waals surface area contributed by atoms with E-state index in [0.29, 0.717) is 18.7 Å². The molecule has 0 fully saturated rings. The van der Waals surface area contributed by atoms with E-state index in [2.05, 4.69) is 28.3 Å². The quantitative estimate of drug-likeness (QED) is 0.814. The summed E-state index contributed by atoms with van der Waals surface area (Å²) in [6.45, 7) is 1.73. The van der Waals surface area contributed by atoms with Crippen molar-refractivity contribution in [3.8, 4) is 11.8 Å². The summed E-state index contributed by atoms with van der Waals surface area (Å²) in [5.74, 6) is 5.69. The van der Waals surface area contributed by atoms with E-state index in [9.17, 15) is 4.79 Å². The number of nitrogens with zero attached hydrogens (tertiary/aromatic N) is 2. The molecule has 4 nitrogen and oxygen atoms in total. The Labute approximate surface area is 127 Å². The summed E-state index contributed by atoms with van der Waals surface area (Å²) in [7, 11) is 0. The molecule has 0 spiro atoms. The highest BCUT2D eigenvalue weighted by atomic mass is 32.1. The highest BCUT2D eigenvalue weighted by Gasteiger charge is 2.22. The molecule has 0 saturated heterocycles. The Hall–Kier alpha value is -2.16. The van der Waals surface area contributed by atoms with E-state index in [0.717, 1.165) is 18.5 Å². The smallest absolute Gasteiger partial charge is 0.255 e. The first-order valence-corrected chi connectivity index (χ1v) is 7.64. The number of rotatable bonds is 1. The Morgan fingerprint density at radius 1 is 1.48 bits per heavy atom. The molecular formula is C16H15N3OS. The van der Waals surface area contributed by atoms with Gasteiger partial charge in [0.2, 0.25) is 0 Å². The maximum absolute atomic E-state index is 12.6. The van der Waals surface area contributed by atoms with Crippen LogP contribution >= 0.6 is 11.3 Å². The number of amides is 1. The van der Waals surface area contributed by atoms with Gasteiger partial charge in [-0.3, -0.25) is 9.78 Å². The third kappa shape index (κ3) is 2.97. The highest BCUT2D eigenvalue weighted by Crippen LogP contribution is 2.24. The Morgan fingerprint density at radius 2 is 2.38 bits per heavy atom. The van der Waals surface area contributed by atoms with Gasteiger partial charge < -0.3 is 10.6 Å². The normalized spacial score (nSPS) is 13.3. The second-order valence-corrected chi connectivity index (χ2v) is 5.81. The Morgan fingerprint density at radius 3 is 3.24 bits per heavy atom. The molecule has 106 valence electrons. The number of hydrogen-bond donors (Lipinski definition) is 1. The lowest BCUT2D eigenvalue weighted by Crippen LogP contribution is -2.35. The maximum atomic E-state index is 12.6.